The summed E-state index contributed by atoms with van der Waals surface area (Å²) < 4.78 is 4.48. The smallest absolute Gasteiger partial charge is 0.0728 e. The summed E-state index contributed by atoms with van der Waals surface area (Å²) in [6.45, 7) is 5.10. The summed E-state index contributed by atoms with van der Waals surface area (Å²) in [5.74, 6) is 0. The number of benzene rings is 1. The first-order valence-electron chi connectivity index (χ1n) is 9.22. The Hall–Kier alpha value is -1.43. The minimum absolute atomic E-state index is 0.809. The van der Waals surface area contributed by atoms with Crippen molar-refractivity contribution in [2.24, 2.45) is 0 Å². The molecule has 3 aliphatic rings. The van der Waals surface area contributed by atoms with Crippen LogP contribution in [0.1, 0.15) is 23.2 Å². The van der Waals surface area contributed by atoms with E-state index in [0.29, 0.717) is 0 Å². The second-order valence-corrected chi connectivity index (χ2v) is 8.70. The van der Waals surface area contributed by atoms with Gasteiger partial charge in [0.25, 0.3) is 0 Å². The Balaban J connectivity index is 1.63. The van der Waals surface area contributed by atoms with E-state index in [1.165, 1.54) is 28.2 Å². The summed E-state index contributed by atoms with van der Waals surface area (Å²) >= 11 is 10.6. The number of halogens is 2. The number of aryl methyl sites for hydroxylation is 1. The van der Waals surface area contributed by atoms with E-state index in [2.05, 4.69) is 72.0 Å². The predicted molar refractivity (Wildman–Crippen MR) is 111 cm³/mol. The lowest BCUT2D eigenvalue weighted by molar-refractivity contribution is 0.313. The molecule has 4 nitrogen and oxygen atoms in total. The lowest BCUT2D eigenvalue weighted by Crippen LogP contribution is -2.44. The van der Waals surface area contributed by atoms with Crippen LogP contribution in [0, 0.1) is 0 Å². The first-order valence-corrected chi connectivity index (χ1v) is 10.3. The molecule has 1 fully saturated rings. The van der Waals surface area contributed by atoms with E-state index in [0.717, 1.165) is 56.3 Å². The summed E-state index contributed by atoms with van der Waals surface area (Å²) in [5.41, 5.74) is 7.56. The average molecular weight is 434 g/mol. The van der Waals surface area contributed by atoms with Crippen LogP contribution in [0.2, 0.25) is 5.02 Å². The normalized spacial score (nSPS) is 19.7. The van der Waals surface area contributed by atoms with Gasteiger partial charge in [-0.1, -0.05) is 17.7 Å². The van der Waals surface area contributed by atoms with Gasteiger partial charge in [0.15, 0.2) is 0 Å². The van der Waals surface area contributed by atoms with E-state index < -0.39 is 0 Å². The highest BCUT2D eigenvalue weighted by atomic mass is 79.9. The van der Waals surface area contributed by atoms with Gasteiger partial charge in [-0.15, -0.1) is 0 Å². The van der Waals surface area contributed by atoms with Gasteiger partial charge in [-0.25, -0.2) is 0 Å². The van der Waals surface area contributed by atoms with Gasteiger partial charge in [-0.2, -0.15) is 0 Å². The summed E-state index contributed by atoms with van der Waals surface area (Å²) in [6.07, 6.45) is 6.69. The number of anilines is 1. The van der Waals surface area contributed by atoms with Crippen LogP contribution in [0.3, 0.4) is 0 Å². The molecule has 0 N–H and O–H groups in total. The van der Waals surface area contributed by atoms with E-state index >= 15 is 0 Å². The Morgan fingerprint density at radius 3 is 2.69 bits per heavy atom. The standard InChI is InChI=1S/C20H22BrClN4/c1-23-7-9-24(10-8-23)16-11-15-13-26(21)18-4-2-3-14-5-6-25(20(14)18)19(15)17(22)12-16/h4-6,11-12H,2-3,7-10,13H2,1H3. The summed E-state index contributed by atoms with van der Waals surface area (Å²) in [7, 11) is 2.19. The SMILES string of the molecule is CN1CCN(c2cc(Cl)c3c(c2)CN(Br)C2=CCCc4ccn-3c42)CC1. The van der Waals surface area contributed by atoms with Crippen LogP contribution in [0.5, 0.6) is 0 Å². The van der Waals surface area contributed by atoms with Gasteiger partial charge in [0.2, 0.25) is 0 Å². The lowest BCUT2D eigenvalue weighted by atomic mass is 10.0. The molecule has 1 aromatic heterocycles. The van der Waals surface area contributed by atoms with Crippen LogP contribution in [0.25, 0.3) is 11.4 Å². The predicted octanol–water partition coefficient (Wildman–Crippen LogP) is 4.30. The Kier molecular flexibility index (Phi) is 4.07. The van der Waals surface area contributed by atoms with Crippen molar-refractivity contribution in [3.63, 3.8) is 0 Å². The van der Waals surface area contributed by atoms with Crippen molar-refractivity contribution in [1.29, 1.82) is 0 Å². The molecule has 0 spiro atoms. The van der Waals surface area contributed by atoms with Gasteiger partial charge in [0, 0.05) is 43.6 Å². The van der Waals surface area contributed by atoms with Crippen molar-refractivity contribution >= 4 is 39.1 Å². The number of aromatic nitrogens is 1. The zero-order valence-corrected chi connectivity index (χ0v) is 17.2. The minimum Gasteiger partial charge on any atom is -0.369 e. The summed E-state index contributed by atoms with van der Waals surface area (Å²) in [6, 6.07) is 6.71. The lowest BCUT2D eigenvalue weighted by Gasteiger charge is -2.34. The molecule has 5 rings (SSSR count). The number of piperazine rings is 1. The van der Waals surface area contributed by atoms with Crippen LogP contribution in [0.15, 0.2) is 30.5 Å². The Bertz CT molecular complexity index is 895. The van der Waals surface area contributed by atoms with Gasteiger partial charge in [-0.05, 0) is 43.7 Å². The molecular formula is C20H22BrClN4. The molecule has 0 atom stereocenters. The van der Waals surface area contributed by atoms with Gasteiger partial charge in [0.1, 0.15) is 0 Å². The van der Waals surface area contributed by atoms with Crippen LogP contribution in [-0.2, 0) is 13.0 Å². The van der Waals surface area contributed by atoms with E-state index in [-0.39, 0.29) is 0 Å². The van der Waals surface area contributed by atoms with Crippen LogP contribution < -0.4 is 4.90 Å². The molecule has 0 amide bonds. The number of allylic oxidation sites excluding steroid dienone is 1. The van der Waals surface area contributed by atoms with Crippen LogP contribution >= 0.6 is 27.7 Å². The van der Waals surface area contributed by atoms with Gasteiger partial charge in [-0.3, -0.25) is 0 Å². The Morgan fingerprint density at radius 2 is 1.88 bits per heavy atom. The molecule has 1 aromatic carbocycles. The fourth-order valence-corrected chi connectivity index (χ4v) is 5.24. The van der Waals surface area contributed by atoms with Crippen molar-refractivity contribution in [3.8, 4) is 5.69 Å². The number of nitrogens with zero attached hydrogens (tertiary/aromatic N) is 4. The first-order chi connectivity index (χ1) is 12.6. The Morgan fingerprint density at radius 1 is 1.08 bits per heavy atom. The van der Waals surface area contributed by atoms with Crippen molar-refractivity contribution in [2.45, 2.75) is 19.4 Å². The highest BCUT2D eigenvalue weighted by Crippen LogP contribution is 2.42. The first kappa shape index (κ1) is 16.7. The molecule has 136 valence electrons. The van der Waals surface area contributed by atoms with E-state index in [1.54, 1.807) is 0 Å². The molecule has 26 heavy (non-hydrogen) atoms. The maximum atomic E-state index is 6.85. The summed E-state index contributed by atoms with van der Waals surface area (Å²) in [5, 5.41) is 0.836. The highest BCUT2D eigenvalue weighted by molar-refractivity contribution is 9.07. The quantitative estimate of drug-likeness (QED) is 0.623. The number of likely N-dealkylation sites (N-methyl/N-ethyl adjacent to an activating group) is 1. The van der Waals surface area contributed by atoms with Crippen molar-refractivity contribution in [3.05, 3.63) is 52.3 Å². The monoisotopic (exact) mass is 432 g/mol. The van der Waals surface area contributed by atoms with Crippen molar-refractivity contribution in [1.82, 2.24) is 13.4 Å². The third kappa shape index (κ3) is 2.60. The topological polar surface area (TPSA) is 14.7 Å². The van der Waals surface area contributed by atoms with E-state index in [9.17, 15) is 0 Å². The zero-order chi connectivity index (χ0) is 17.8. The molecule has 3 heterocycles. The number of hydrogen-bond acceptors (Lipinski definition) is 3. The van der Waals surface area contributed by atoms with E-state index in [1.807, 2.05) is 0 Å². The van der Waals surface area contributed by atoms with Gasteiger partial charge >= 0.3 is 0 Å². The van der Waals surface area contributed by atoms with Crippen LogP contribution in [0.4, 0.5) is 5.69 Å². The second kappa shape index (κ2) is 6.32. The molecule has 0 radical (unpaired) electrons. The molecule has 1 aliphatic carbocycles. The molecular weight excluding hydrogens is 412 g/mol. The largest absolute Gasteiger partial charge is 0.369 e. The van der Waals surface area contributed by atoms with Crippen molar-refractivity contribution in [2.75, 3.05) is 38.1 Å². The molecule has 0 unspecified atom stereocenters. The van der Waals surface area contributed by atoms with Crippen molar-refractivity contribution < 1.29 is 0 Å². The fraction of sp³-hybridized carbons (Fsp3) is 0.400. The van der Waals surface area contributed by atoms with Crippen LogP contribution in [-0.4, -0.2) is 46.6 Å². The molecule has 0 saturated carbocycles. The third-order valence-corrected chi connectivity index (χ3v) is 6.69. The maximum absolute atomic E-state index is 6.85. The minimum atomic E-state index is 0.809. The molecule has 1 saturated heterocycles. The number of fused-ring (bicyclic) bond motifs is 2. The average Bonchev–Trinajstić information content (AvgIpc) is 3.00. The molecule has 2 aliphatic heterocycles. The molecule has 6 heteroatoms. The summed E-state index contributed by atoms with van der Waals surface area (Å²) in [4.78, 5) is 4.83. The van der Waals surface area contributed by atoms with E-state index in [4.69, 9.17) is 11.6 Å². The highest BCUT2D eigenvalue weighted by Gasteiger charge is 2.28. The second-order valence-electron chi connectivity index (χ2n) is 7.43. The molecule has 2 aromatic rings. The third-order valence-electron chi connectivity index (χ3n) is 5.77. The van der Waals surface area contributed by atoms with Gasteiger partial charge < -0.3 is 18.3 Å². The maximum Gasteiger partial charge on any atom is 0.0728 e. The van der Waals surface area contributed by atoms with Gasteiger partial charge in [0.05, 0.1) is 44.8 Å². The Labute approximate surface area is 168 Å². The molecule has 0 bridgehead atoms. The number of hydrogen-bond donors (Lipinski definition) is 0. The number of rotatable bonds is 1. The fourth-order valence-electron chi connectivity index (χ4n) is 4.34. The zero-order valence-electron chi connectivity index (χ0n) is 14.9.